The van der Waals surface area contributed by atoms with Crippen molar-refractivity contribution in [1.29, 1.82) is 0 Å². The minimum Gasteiger partial charge on any atom is -0.465 e. The number of nitrogens with zero attached hydrogens (tertiary/aromatic N) is 2. The first-order valence-electron chi connectivity index (χ1n) is 7.79. The fraction of sp³-hybridized carbons (Fsp3) is 0.562. The Kier molecular flexibility index (Phi) is 7.66. The number of hydrogen-bond acceptors (Lipinski definition) is 6. The summed E-state index contributed by atoms with van der Waals surface area (Å²) >= 11 is 2.93. The summed E-state index contributed by atoms with van der Waals surface area (Å²) in [6.45, 7) is 2.74. The van der Waals surface area contributed by atoms with Crippen molar-refractivity contribution in [2.45, 2.75) is 49.8 Å². The molecule has 2 aromatic rings. The van der Waals surface area contributed by atoms with Crippen molar-refractivity contribution in [2.24, 2.45) is 0 Å². The zero-order valence-corrected chi connectivity index (χ0v) is 14.5. The Morgan fingerprint density at radius 2 is 2.09 bits per heavy atom. The van der Waals surface area contributed by atoms with E-state index in [1.807, 2.05) is 12.1 Å². The first-order chi connectivity index (χ1) is 10.8. The molecule has 0 aliphatic rings. The number of esters is 1. The van der Waals surface area contributed by atoms with Gasteiger partial charge in [-0.3, -0.25) is 4.79 Å². The summed E-state index contributed by atoms with van der Waals surface area (Å²) < 4.78 is 6.11. The van der Waals surface area contributed by atoms with E-state index in [1.54, 1.807) is 6.20 Å². The molecule has 2 heterocycles. The molecular formula is C16H22N2O2S2. The lowest BCUT2D eigenvalue weighted by Crippen LogP contribution is -2.08. The molecule has 0 saturated heterocycles. The number of fused-ring (bicyclic) bond motifs is 1. The molecule has 22 heavy (non-hydrogen) atoms. The second kappa shape index (κ2) is 9.79. The van der Waals surface area contributed by atoms with Crippen molar-refractivity contribution >= 4 is 39.4 Å². The van der Waals surface area contributed by atoms with Crippen LogP contribution in [-0.2, 0) is 9.53 Å². The fourth-order valence-electron chi connectivity index (χ4n) is 2.04. The van der Waals surface area contributed by atoms with Gasteiger partial charge in [-0.05, 0) is 18.6 Å². The summed E-state index contributed by atoms with van der Waals surface area (Å²) in [6.07, 6.45) is 8.94. The molecule has 0 fully saturated rings. The third kappa shape index (κ3) is 5.93. The van der Waals surface area contributed by atoms with Gasteiger partial charge in [0.2, 0.25) is 0 Å². The van der Waals surface area contributed by atoms with Crippen LogP contribution in [0.2, 0.25) is 0 Å². The highest BCUT2D eigenvalue weighted by atomic mass is 32.2. The number of hydrogen-bond donors (Lipinski definition) is 0. The zero-order valence-electron chi connectivity index (χ0n) is 12.9. The van der Waals surface area contributed by atoms with E-state index in [-0.39, 0.29) is 5.97 Å². The maximum Gasteiger partial charge on any atom is 0.316 e. The predicted octanol–water partition coefficient (Wildman–Crippen LogP) is 4.69. The quantitative estimate of drug-likeness (QED) is 0.357. The monoisotopic (exact) mass is 338 g/mol. The normalized spacial score (nSPS) is 11.0. The molecule has 6 heteroatoms. The van der Waals surface area contributed by atoms with Gasteiger partial charge in [0.25, 0.3) is 0 Å². The Morgan fingerprint density at radius 3 is 2.91 bits per heavy atom. The SMILES string of the molecule is CCCCCCCCOC(=O)CSc1nc2cccnc2s1. The lowest BCUT2D eigenvalue weighted by atomic mass is 10.1. The molecule has 0 saturated carbocycles. The highest BCUT2D eigenvalue weighted by Gasteiger charge is 2.08. The lowest BCUT2D eigenvalue weighted by molar-refractivity contribution is -0.140. The molecule has 0 radical (unpaired) electrons. The fourth-order valence-corrected chi connectivity index (χ4v) is 3.82. The van der Waals surface area contributed by atoms with Gasteiger partial charge in [-0.25, -0.2) is 9.97 Å². The number of carbonyl (C=O) groups excluding carboxylic acids is 1. The van der Waals surface area contributed by atoms with E-state index in [0.717, 1.165) is 27.5 Å². The van der Waals surface area contributed by atoms with Crippen LogP contribution in [-0.4, -0.2) is 28.3 Å². The van der Waals surface area contributed by atoms with Crippen LogP contribution in [0.1, 0.15) is 45.4 Å². The van der Waals surface area contributed by atoms with E-state index < -0.39 is 0 Å². The number of unbranched alkanes of at least 4 members (excludes halogenated alkanes) is 5. The number of rotatable bonds is 10. The molecule has 0 aromatic carbocycles. The molecule has 4 nitrogen and oxygen atoms in total. The molecule has 0 bridgehead atoms. The van der Waals surface area contributed by atoms with Crippen LogP contribution in [0.3, 0.4) is 0 Å². The van der Waals surface area contributed by atoms with Gasteiger partial charge < -0.3 is 4.74 Å². The van der Waals surface area contributed by atoms with Crippen molar-refractivity contribution in [3.8, 4) is 0 Å². The third-order valence-electron chi connectivity index (χ3n) is 3.22. The number of ether oxygens (including phenoxy) is 1. The van der Waals surface area contributed by atoms with Crippen LogP contribution in [0.15, 0.2) is 22.7 Å². The molecule has 0 aliphatic carbocycles. The first kappa shape index (κ1) is 17.2. The van der Waals surface area contributed by atoms with Crippen molar-refractivity contribution in [3.05, 3.63) is 18.3 Å². The summed E-state index contributed by atoms with van der Waals surface area (Å²) in [4.78, 5) is 21.3. The van der Waals surface area contributed by atoms with Gasteiger partial charge in [-0.2, -0.15) is 0 Å². The molecule has 0 N–H and O–H groups in total. The first-order valence-corrected chi connectivity index (χ1v) is 9.60. The van der Waals surface area contributed by atoms with Crippen molar-refractivity contribution < 1.29 is 9.53 Å². The van der Waals surface area contributed by atoms with Gasteiger partial charge in [-0.1, -0.05) is 62.1 Å². The molecule has 0 atom stereocenters. The molecule has 0 amide bonds. The van der Waals surface area contributed by atoms with E-state index >= 15 is 0 Å². The highest BCUT2D eigenvalue weighted by molar-refractivity contribution is 8.01. The maximum atomic E-state index is 11.7. The van der Waals surface area contributed by atoms with Crippen LogP contribution in [0.5, 0.6) is 0 Å². The highest BCUT2D eigenvalue weighted by Crippen LogP contribution is 2.27. The van der Waals surface area contributed by atoms with Gasteiger partial charge in [0.05, 0.1) is 12.4 Å². The number of carbonyl (C=O) groups is 1. The summed E-state index contributed by atoms with van der Waals surface area (Å²) in [5.74, 6) is 0.154. The van der Waals surface area contributed by atoms with Crippen LogP contribution in [0.4, 0.5) is 0 Å². The van der Waals surface area contributed by atoms with Gasteiger partial charge in [0.1, 0.15) is 10.3 Å². The Labute approximate surface area is 139 Å². The Morgan fingerprint density at radius 1 is 1.27 bits per heavy atom. The van der Waals surface area contributed by atoms with Crippen LogP contribution < -0.4 is 0 Å². The third-order valence-corrected chi connectivity index (χ3v) is 5.32. The predicted molar refractivity (Wildman–Crippen MR) is 92.5 cm³/mol. The van der Waals surface area contributed by atoms with Crippen LogP contribution >= 0.6 is 23.1 Å². The lowest BCUT2D eigenvalue weighted by Gasteiger charge is -2.03. The van der Waals surface area contributed by atoms with Gasteiger partial charge >= 0.3 is 5.97 Å². The smallest absolute Gasteiger partial charge is 0.316 e. The molecule has 2 aromatic heterocycles. The van der Waals surface area contributed by atoms with E-state index in [4.69, 9.17) is 4.74 Å². The molecule has 0 aliphatic heterocycles. The van der Waals surface area contributed by atoms with E-state index in [9.17, 15) is 4.79 Å². The molecule has 0 unspecified atom stereocenters. The van der Waals surface area contributed by atoms with E-state index in [1.165, 1.54) is 48.8 Å². The van der Waals surface area contributed by atoms with Gasteiger partial charge in [0, 0.05) is 6.20 Å². The summed E-state index contributed by atoms with van der Waals surface area (Å²) in [5, 5.41) is 0. The summed E-state index contributed by atoms with van der Waals surface area (Å²) in [6, 6.07) is 3.80. The topological polar surface area (TPSA) is 52.1 Å². The molecule has 2 rings (SSSR count). The second-order valence-electron chi connectivity index (χ2n) is 5.08. The minimum atomic E-state index is -0.161. The Balaban J connectivity index is 1.59. The zero-order chi connectivity index (χ0) is 15.6. The molecule has 0 spiro atoms. The Bertz CT molecular complexity index is 553. The number of aromatic nitrogens is 2. The standard InChI is InChI=1S/C16H22N2O2S2/c1-2-3-4-5-6-7-11-20-14(19)12-21-16-18-13-9-8-10-17-15(13)22-16/h8-10H,2-7,11-12H2,1H3. The summed E-state index contributed by atoms with van der Waals surface area (Å²) in [5.41, 5.74) is 0.885. The van der Waals surface area contributed by atoms with Crippen molar-refractivity contribution in [2.75, 3.05) is 12.4 Å². The van der Waals surface area contributed by atoms with Gasteiger partial charge in [0.15, 0.2) is 4.34 Å². The number of thiazole rings is 1. The summed E-state index contributed by atoms with van der Waals surface area (Å²) in [7, 11) is 0. The largest absolute Gasteiger partial charge is 0.465 e. The minimum absolute atomic E-state index is 0.161. The van der Waals surface area contributed by atoms with Crippen LogP contribution in [0.25, 0.3) is 10.3 Å². The second-order valence-corrected chi connectivity index (χ2v) is 7.28. The number of pyridine rings is 1. The number of thioether (sulfide) groups is 1. The maximum absolute atomic E-state index is 11.7. The Hall–Kier alpha value is -1.14. The van der Waals surface area contributed by atoms with Gasteiger partial charge in [-0.15, -0.1) is 0 Å². The van der Waals surface area contributed by atoms with Crippen molar-refractivity contribution in [3.63, 3.8) is 0 Å². The molecular weight excluding hydrogens is 316 g/mol. The average molecular weight is 338 g/mol. The van der Waals surface area contributed by atoms with Crippen molar-refractivity contribution in [1.82, 2.24) is 9.97 Å². The molecule has 120 valence electrons. The van der Waals surface area contributed by atoms with E-state index in [0.29, 0.717) is 12.4 Å². The average Bonchev–Trinajstić information content (AvgIpc) is 2.95. The van der Waals surface area contributed by atoms with Crippen LogP contribution in [0, 0.1) is 0 Å². The van der Waals surface area contributed by atoms with E-state index in [2.05, 4.69) is 16.9 Å².